The maximum Gasteiger partial charge on any atom is 0.0551 e. The van der Waals surface area contributed by atoms with Gasteiger partial charge in [-0.1, -0.05) is 17.7 Å². The van der Waals surface area contributed by atoms with Gasteiger partial charge in [-0.25, -0.2) is 0 Å². The lowest BCUT2D eigenvalue weighted by Gasteiger charge is -2.15. The maximum absolute atomic E-state index is 6.04. The van der Waals surface area contributed by atoms with Crippen molar-refractivity contribution in [3.63, 3.8) is 0 Å². The monoisotopic (exact) mass is 288 g/mol. The number of rotatable bonds is 2. The Morgan fingerprint density at radius 3 is 2.93 bits per heavy atom. The molecular formula is C11H14BrClN2. The van der Waals surface area contributed by atoms with Crippen LogP contribution >= 0.6 is 27.5 Å². The van der Waals surface area contributed by atoms with Crippen LogP contribution in [-0.4, -0.2) is 24.0 Å². The summed E-state index contributed by atoms with van der Waals surface area (Å²) >= 11 is 9.42. The molecule has 0 radical (unpaired) electrons. The Balaban J connectivity index is 2.02. The van der Waals surface area contributed by atoms with Crippen molar-refractivity contribution in [3.8, 4) is 0 Å². The van der Waals surface area contributed by atoms with E-state index in [-0.39, 0.29) is 0 Å². The van der Waals surface area contributed by atoms with Crippen LogP contribution in [0.5, 0.6) is 0 Å². The van der Waals surface area contributed by atoms with Gasteiger partial charge in [-0.15, -0.1) is 0 Å². The van der Waals surface area contributed by atoms with Gasteiger partial charge in [0.15, 0.2) is 0 Å². The van der Waals surface area contributed by atoms with Crippen LogP contribution in [-0.2, 0) is 6.54 Å². The molecule has 1 fully saturated rings. The Morgan fingerprint density at radius 2 is 2.33 bits per heavy atom. The van der Waals surface area contributed by atoms with Crippen molar-refractivity contribution >= 4 is 27.5 Å². The van der Waals surface area contributed by atoms with E-state index in [2.05, 4.69) is 26.9 Å². The molecule has 0 aromatic heterocycles. The highest BCUT2D eigenvalue weighted by Crippen LogP contribution is 2.24. The van der Waals surface area contributed by atoms with Gasteiger partial charge in [0.05, 0.1) is 5.02 Å². The molecule has 1 saturated heterocycles. The van der Waals surface area contributed by atoms with E-state index in [0.29, 0.717) is 6.04 Å². The van der Waals surface area contributed by atoms with Gasteiger partial charge in [0, 0.05) is 30.1 Å². The third-order valence-electron chi connectivity index (χ3n) is 2.70. The fourth-order valence-electron chi connectivity index (χ4n) is 1.90. The summed E-state index contributed by atoms with van der Waals surface area (Å²) in [5.74, 6) is 0. The maximum atomic E-state index is 6.04. The minimum Gasteiger partial charge on any atom is -0.326 e. The fraction of sp³-hybridized carbons (Fsp3) is 0.455. The zero-order valence-corrected chi connectivity index (χ0v) is 10.8. The lowest BCUT2D eigenvalue weighted by Crippen LogP contribution is -2.26. The summed E-state index contributed by atoms with van der Waals surface area (Å²) in [6.45, 7) is 3.03. The minimum absolute atomic E-state index is 0.343. The van der Waals surface area contributed by atoms with E-state index in [9.17, 15) is 0 Å². The van der Waals surface area contributed by atoms with Crippen molar-refractivity contribution < 1.29 is 0 Å². The second kappa shape index (κ2) is 4.83. The molecule has 2 nitrogen and oxygen atoms in total. The highest BCUT2D eigenvalue weighted by Gasteiger charge is 2.18. The Bertz CT molecular complexity index is 356. The highest BCUT2D eigenvalue weighted by atomic mass is 79.9. The highest BCUT2D eigenvalue weighted by molar-refractivity contribution is 9.10. The predicted octanol–water partition coefficient (Wildman–Crippen LogP) is 2.64. The van der Waals surface area contributed by atoms with Gasteiger partial charge in [-0.2, -0.15) is 0 Å². The summed E-state index contributed by atoms with van der Waals surface area (Å²) in [6, 6.07) is 6.44. The second-order valence-corrected chi connectivity index (χ2v) is 5.29. The minimum atomic E-state index is 0.343. The van der Waals surface area contributed by atoms with Gasteiger partial charge in [-0.3, -0.25) is 4.90 Å². The quantitative estimate of drug-likeness (QED) is 0.907. The predicted molar refractivity (Wildman–Crippen MR) is 67.0 cm³/mol. The first-order valence-corrected chi connectivity index (χ1v) is 6.24. The van der Waals surface area contributed by atoms with Gasteiger partial charge < -0.3 is 5.73 Å². The zero-order chi connectivity index (χ0) is 10.8. The van der Waals surface area contributed by atoms with E-state index in [1.54, 1.807) is 0 Å². The molecular weight excluding hydrogens is 275 g/mol. The molecule has 0 unspecified atom stereocenters. The first-order chi connectivity index (χ1) is 7.15. The molecule has 1 atom stereocenters. The number of likely N-dealkylation sites (tertiary alicyclic amines) is 1. The topological polar surface area (TPSA) is 29.3 Å². The first-order valence-electron chi connectivity index (χ1n) is 5.07. The number of nitrogens with zero attached hydrogens (tertiary/aromatic N) is 1. The largest absolute Gasteiger partial charge is 0.326 e. The van der Waals surface area contributed by atoms with Crippen LogP contribution in [0, 0.1) is 0 Å². The molecule has 4 heteroatoms. The van der Waals surface area contributed by atoms with Crippen LogP contribution in [0.15, 0.2) is 22.7 Å². The van der Waals surface area contributed by atoms with Crippen LogP contribution in [0.2, 0.25) is 5.02 Å². The van der Waals surface area contributed by atoms with E-state index in [0.717, 1.165) is 35.6 Å². The van der Waals surface area contributed by atoms with Crippen molar-refractivity contribution in [3.05, 3.63) is 33.3 Å². The summed E-state index contributed by atoms with van der Waals surface area (Å²) in [6.07, 6.45) is 1.10. The fourth-order valence-corrected chi connectivity index (χ4v) is 2.35. The Kier molecular flexibility index (Phi) is 3.67. The summed E-state index contributed by atoms with van der Waals surface area (Å²) in [5, 5.41) is 0.774. The molecule has 1 aromatic carbocycles. The molecule has 2 rings (SSSR count). The lowest BCUT2D eigenvalue weighted by molar-refractivity contribution is 0.327. The van der Waals surface area contributed by atoms with Crippen LogP contribution < -0.4 is 5.73 Å². The molecule has 1 heterocycles. The SMILES string of the molecule is N[C@H]1CCN(Cc2ccc(Br)c(Cl)c2)C1. The number of halogens is 2. The molecule has 0 saturated carbocycles. The smallest absolute Gasteiger partial charge is 0.0551 e. The molecule has 1 aliphatic heterocycles. The third kappa shape index (κ3) is 2.94. The van der Waals surface area contributed by atoms with E-state index < -0.39 is 0 Å². The van der Waals surface area contributed by atoms with Crippen molar-refractivity contribution in [2.24, 2.45) is 5.73 Å². The van der Waals surface area contributed by atoms with E-state index in [1.807, 2.05) is 12.1 Å². The molecule has 0 bridgehead atoms. The van der Waals surface area contributed by atoms with E-state index >= 15 is 0 Å². The van der Waals surface area contributed by atoms with Crippen molar-refractivity contribution in [1.29, 1.82) is 0 Å². The number of nitrogens with two attached hydrogens (primary N) is 1. The Morgan fingerprint density at radius 1 is 1.53 bits per heavy atom. The Labute approximate surface area is 104 Å². The first kappa shape index (κ1) is 11.4. The van der Waals surface area contributed by atoms with Gasteiger partial charge in [-0.05, 0) is 40.0 Å². The lowest BCUT2D eigenvalue weighted by atomic mass is 10.2. The molecule has 0 aliphatic carbocycles. The van der Waals surface area contributed by atoms with Gasteiger partial charge in [0.1, 0.15) is 0 Å². The third-order valence-corrected chi connectivity index (χ3v) is 3.93. The Hall–Kier alpha value is -0.0900. The molecule has 0 spiro atoms. The normalized spacial score (nSPS) is 22.2. The van der Waals surface area contributed by atoms with Crippen LogP contribution in [0.4, 0.5) is 0 Å². The summed E-state index contributed by atoms with van der Waals surface area (Å²) < 4.78 is 0.950. The second-order valence-electron chi connectivity index (χ2n) is 4.03. The molecule has 1 aromatic rings. The van der Waals surface area contributed by atoms with Crippen LogP contribution in [0.1, 0.15) is 12.0 Å². The standard InChI is InChI=1S/C11H14BrClN2/c12-10-2-1-8(5-11(10)13)6-15-4-3-9(14)7-15/h1-2,5,9H,3-4,6-7,14H2/t9-/m0/s1. The molecule has 15 heavy (non-hydrogen) atoms. The van der Waals surface area contributed by atoms with E-state index in [4.69, 9.17) is 17.3 Å². The van der Waals surface area contributed by atoms with Crippen LogP contribution in [0.3, 0.4) is 0 Å². The van der Waals surface area contributed by atoms with Gasteiger partial charge in [0.25, 0.3) is 0 Å². The number of benzene rings is 1. The summed E-state index contributed by atoms with van der Waals surface area (Å²) in [5.41, 5.74) is 7.11. The molecule has 2 N–H and O–H groups in total. The molecule has 1 aliphatic rings. The van der Waals surface area contributed by atoms with Gasteiger partial charge in [0.2, 0.25) is 0 Å². The summed E-state index contributed by atoms with van der Waals surface area (Å²) in [7, 11) is 0. The van der Waals surface area contributed by atoms with Crippen molar-refractivity contribution in [2.45, 2.75) is 19.0 Å². The van der Waals surface area contributed by atoms with Gasteiger partial charge >= 0.3 is 0 Å². The average molecular weight is 290 g/mol. The van der Waals surface area contributed by atoms with Crippen molar-refractivity contribution in [1.82, 2.24) is 4.90 Å². The number of hydrogen-bond donors (Lipinski definition) is 1. The van der Waals surface area contributed by atoms with E-state index in [1.165, 1.54) is 5.56 Å². The zero-order valence-electron chi connectivity index (χ0n) is 8.42. The molecule has 0 amide bonds. The summed E-state index contributed by atoms with van der Waals surface area (Å²) in [4.78, 5) is 2.37. The molecule has 82 valence electrons. The van der Waals surface area contributed by atoms with Crippen molar-refractivity contribution in [2.75, 3.05) is 13.1 Å². The van der Waals surface area contributed by atoms with Crippen LogP contribution in [0.25, 0.3) is 0 Å². The average Bonchev–Trinajstić information content (AvgIpc) is 2.58. The number of hydrogen-bond acceptors (Lipinski definition) is 2.